The maximum Gasteiger partial charge on any atom is 0.253 e. The van der Waals surface area contributed by atoms with Gasteiger partial charge in [-0.1, -0.05) is 11.6 Å². The number of carbonyl (C=O) groups excluding carboxylic acids is 1. The summed E-state index contributed by atoms with van der Waals surface area (Å²) in [7, 11) is 0. The molecule has 6 nitrogen and oxygen atoms in total. The summed E-state index contributed by atoms with van der Waals surface area (Å²) in [5.74, 6) is -0.142. The number of halogens is 1. The Balaban J connectivity index is 1.44. The molecule has 1 N–H and O–H groups in total. The Bertz CT molecular complexity index is 829. The minimum Gasteiger partial charge on any atom is -0.370 e. The largest absolute Gasteiger partial charge is 0.370 e. The van der Waals surface area contributed by atoms with Crippen molar-refractivity contribution in [1.29, 1.82) is 10.5 Å². The number of carbonyl (C=O) groups is 1. The van der Waals surface area contributed by atoms with Crippen LogP contribution in [0.3, 0.4) is 0 Å². The van der Waals surface area contributed by atoms with Crippen molar-refractivity contribution in [3.05, 3.63) is 28.8 Å². The van der Waals surface area contributed by atoms with Gasteiger partial charge in [-0.3, -0.25) is 4.79 Å². The van der Waals surface area contributed by atoms with Gasteiger partial charge < -0.3 is 15.1 Å². The van der Waals surface area contributed by atoms with E-state index in [9.17, 15) is 10.1 Å². The number of anilines is 1. The number of fused-ring (bicyclic) bond motifs is 2. The summed E-state index contributed by atoms with van der Waals surface area (Å²) in [4.78, 5) is 16.7. The van der Waals surface area contributed by atoms with E-state index in [4.69, 9.17) is 16.9 Å². The first-order chi connectivity index (χ1) is 13.1. The predicted molar refractivity (Wildman–Crippen MR) is 102 cm³/mol. The van der Waals surface area contributed by atoms with Crippen molar-refractivity contribution in [2.75, 3.05) is 18.0 Å². The van der Waals surface area contributed by atoms with Crippen molar-refractivity contribution in [3.8, 4) is 12.3 Å². The highest BCUT2D eigenvalue weighted by atomic mass is 35.5. The lowest BCUT2D eigenvalue weighted by molar-refractivity contribution is 0.0928. The first-order valence-corrected chi connectivity index (χ1v) is 9.91. The van der Waals surface area contributed by atoms with Crippen LogP contribution in [0.4, 0.5) is 5.69 Å². The molecule has 0 unspecified atom stereocenters. The van der Waals surface area contributed by atoms with Crippen molar-refractivity contribution < 1.29 is 4.79 Å². The number of hydrogen-bond donors (Lipinski definition) is 1. The van der Waals surface area contributed by atoms with Gasteiger partial charge in [0.15, 0.2) is 6.19 Å². The van der Waals surface area contributed by atoms with Crippen LogP contribution in [-0.2, 0) is 0 Å². The van der Waals surface area contributed by atoms with E-state index in [2.05, 4.69) is 22.5 Å². The molecule has 3 heterocycles. The third-order valence-corrected chi connectivity index (χ3v) is 6.45. The third kappa shape index (κ3) is 3.31. The van der Waals surface area contributed by atoms with E-state index >= 15 is 0 Å². The highest BCUT2D eigenvalue weighted by molar-refractivity contribution is 6.34. The Kier molecular flexibility index (Phi) is 4.85. The van der Waals surface area contributed by atoms with Crippen LogP contribution in [0.5, 0.6) is 0 Å². The second kappa shape index (κ2) is 7.29. The van der Waals surface area contributed by atoms with E-state index in [0.717, 1.165) is 44.3 Å². The number of nitrogens with one attached hydrogen (secondary N) is 1. The number of nitrogens with zero attached hydrogens (tertiary/aromatic N) is 4. The first-order valence-electron chi connectivity index (χ1n) is 9.53. The topological polar surface area (TPSA) is 83.2 Å². The quantitative estimate of drug-likeness (QED) is 0.811. The summed E-state index contributed by atoms with van der Waals surface area (Å²) in [5, 5.41) is 21.9. The molecular weight excluding hydrogens is 362 g/mol. The maximum absolute atomic E-state index is 12.7. The molecule has 0 saturated carbocycles. The summed E-state index contributed by atoms with van der Waals surface area (Å²) in [6.07, 6.45) is 6.98. The average Bonchev–Trinajstić information content (AvgIpc) is 3.24. The van der Waals surface area contributed by atoms with E-state index in [1.54, 1.807) is 6.07 Å². The van der Waals surface area contributed by atoms with Gasteiger partial charge in [-0.15, -0.1) is 0 Å². The number of hydrogen-bond acceptors (Lipinski definition) is 5. The molecule has 7 heteroatoms. The van der Waals surface area contributed by atoms with Gasteiger partial charge in [0.2, 0.25) is 0 Å². The zero-order valence-electron chi connectivity index (χ0n) is 15.1. The molecular formula is C20H22ClN5O. The second-order valence-corrected chi connectivity index (χ2v) is 8.11. The molecule has 1 aromatic carbocycles. The molecule has 140 valence electrons. The summed E-state index contributed by atoms with van der Waals surface area (Å²) >= 11 is 6.42. The van der Waals surface area contributed by atoms with Crippen LogP contribution in [0.25, 0.3) is 0 Å². The Morgan fingerprint density at radius 3 is 2.81 bits per heavy atom. The molecule has 0 aromatic heterocycles. The molecule has 0 aliphatic carbocycles. The van der Waals surface area contributed by atoms with E-state index in [1.165, 1.54) is 0 Å². The number of benzene rings is 1. The molecule has 1 amide bonds. The Labute approximate surface area is 164 Å². The normalized spacial score (nSPS) is 29.3. The molecule has 1 aromatic rings. The molecule has 3 fully saturated rings. The number of amides is 1. The third-order valence-electron chi connectivity index (χ3n) is 6.14. The summed E-state index contributed by atoms with van der Waals surface area (Å²) < 4.78 is 0. The fourth-order valence-electron chi connectivity index (χ4n) is 4.75. The van der Waals surface area contributed by atoms with Crippen LogP contribution in [0.2, 0.25) is 5.02 Å². The molecule has 27 heavy (non-hydrogen) atoms. The van der Waals surface area contributed by atoms with E-state index in [-0.39, 0.29) is 30.0 Å². The standard InChI is InChI=1S/C20H22ClN5O/c21-17-8-14(25-7-1-2-13(10-22)11-25)3-5-16(17)20(27)24-18-9-15-4-6-19(18)26(15)12-23/h3,5,8,13,15,18-19H,1-2,4,6-7,9,11H2,(H,24,27)/t13-,15+,18-,19-/m1/s1. The SMILES string of the molecule is N#C[C@H]1CCCN(c2ccc(C(=O)N[C@@H]3C[C@@H]4CC[C@H]3N4C#N)c(Cl)c2)C1. The first kappa shape index (κ1) is 17.9. The monoisotopic (exact) mass is 383 g/mol. The van der Waals surface area contributed by atoms with Gasteiger partial charge in [-0.05, 0) is 50.3 Å². The van der Waals surface area contributed by atoms with E-state index in [0.29, 0.717) is 17.1 Å². The van der Waals surface area contributed by atoms with Crippen LogP contribution in [0.1, 0.15) is 42.5 Å². The van der Waals surface area contributed by atoms with Gasteiger partial charge in [-0.25, -0.2) is 0 Å². The van der Waals surface area contributed by atoms with Crippen molar-refractivity contribution >= 4 is 23.2 Å². The van der Waals surface area contributed by atoms with Crippen LogP contribution >= 0.6 is 11.6 Å². The molecule has 0 spiro atoms. The van der Waals surface area contributed by atoms with Gasteiger partial charge in [0.25, 0.3) is 5.91 Å². The zero-order chi connectivity index (χ0) is 19.0. The number of rotatable bonds is 3. The van der Waals surface area contributed by atoms with Gasteiger partial charge in [0, 0.05) is 24.8 Å². The lowest BCUT2D eigenvalue weighted by atomic mass is 9.95. The smallest absolute Gasteiger partial charge is 0.253 e. The van der Waals surface area contributed by atoms with Gasteiger partial charge in [0.1, 0.15) is 0 Å². The van der Waals surface area contributed by atoms with Crippen LogP contribution in [0, 0.1) is 28.7 Å². The molecule has 4 rings (SSSR count). The minimum absolute atomic E-state index is 0.00474. The highest BCUT2D eigenvalue weighted by Crippen LogP contribution is 2.37. The molecule has 3 aliphatic rings. The molecule has 4 atom stereocenters. The van der Waals surface area contributed by atoms with Gasteiger partial charge in [0.05, 0.1) is 34.7 Å². The summed E-state index contributed by atoms with van der Waals surface area (Å²) in [6, 6.07) is 8.20. The van der Waals surface area contributed by atoms with E-state index in [1.807, 2.05) is 17.0 Å². The van der Waals surface area contributed by atoms with Gasteiger partial charge in [-0.2, -0.15) is 10.5 Å². The van der Waals surface area contributed by atoms with Crippen molar-refractivity contribution in [1.82, 2.24) is 10.2 Å². The van der Waals surface area contributed by atoms with Crippen LogP contribution in [-0.4, -0.2) is 42.0 Å². The van der Waals surface area contributed by atoms with Crippen molar-refractivity contribution in [2.45, 2.75) is 50.2 Å². The fourth-order valence-corrected chi connectivity index (χ4v) is 5.01. The van der Waals surface area contributed by atoms with Gasteiger partial charge >= 0.3 is 0 Å². The lowest BCUT2D eigenvalue weighted by Crippen LogP contribution is -2.43. The minimum atomic E-state index is -0.185. The predicted octanol–water partition coefficient (Wildman–Crippen LogP) is 2.90. The molecule has 3 saturated heterocycles. The molecule has 3 aliphatic heterocycles. The Morgan fingerprint density at radius 1 is 1.26 bits per heavy atom. The lowest BCUT2D eigenvalue weighted by Gasteiger charge is -2.31. The molecule has 2 bridgehead atoms. The summed E-state index contributed by atoms with van der Waals surface area (Å²) in [5.41, 5.74) is 1.41. The van der Waals surface area contributed by atoms with Crippen LogP contribution in [0.15, 0.2) is 18.2 Å². The molecule has 0 radical (unpaired) electrons. The zero-order valence-corrected chi connectivity index (χ0v) is 15.8. The van der Waals surface area contributed by atoms with E-state index < -0.39 is 0 Å². The van der Waals surface area contributed by atoms with Crippen molar-refractivity contribution in [3.63, 3.8) is 0 Å². The fraction of sp³-hybridized carbons (Fsp3) is 0.550. The Hall–Kier alpha value is -2.44. The highest BCUT2D eigenvalue weighted by Gasteiger charge is 2.46. The van der Waals surface area contributed by atoms with Crippen molar-refractivity contribution in [2.24, 2.45) is 5.92 Å². The summed E-state index contributed by atoms with van der Waals surface area (Å²) in [6.45, 7) is 1.60. The number of piperidine rings is 1. The number of nitriles is 2. The Morgan fingerprint density at radius 2 is 2.11 bits per heavy atom. The average molecular weight is 384 g/mol. The second-order valence-electron chi connectivity index (χ2n) is 7.70. The maximum atomic E-state index is 12.7. The van der Waals surface area contributed by atoms with Crippen LogP contribution < -0.4 is 10.2 Å².